The zero-order valence-electron chi connectivity index (χ0n) is 62.0. The molecule has 106 heavy (non-hydrogen) atoms. The van der Waals surface area contributed by atoms with Crippen molar-refractivity contribution in [3.63, 3.8) is 0 Å². The lowest BCUT2D eigenvalue weighted by Gasteiger charge is -2.41. The number of unbranched alkanes of at least 4 members (excludes halogenated alkanes) is 24. The summed E-state index contributed by atoms with van der Waals surface area (Å²) >= 11 is 1.61. The number of hydrogen-bond acceptors (Lipinski definition) is 19. The molecule has 0 radical (unpaired) electrons. The van der Waals surface area contributed by atoms with Crippen molar-refractivity contribution in [1.29, 1.82) is 0 Å². The Balaban J connectivity index is 1.74. The number of imide groups is 1. The van der Waals surface area contributed by atoms with Crippen LogP contribution in [-0.2, 0) is 33.3 Å². The number of rotatable bonds is 47. The fourth-order valence-corrected chi connectivity index (χ4v) is 13.8. The van der Waals surface area contributed by atoms with Crippen LogP contribution in [0.1, 0.15) is 214 Å². The highest BCUT2D eigenvalue weighted by Gasteiger charge is 2.48. The van der Waals surface area contributed by atoms with Gasteiger partial charge in [0.1, 0.15) is 42.7 Å². The Hall–Kier alpha value is -7.23. The van der Waals surface area contributed by atoms with Gasteiger partial charge in [0.15, 0.2) is 12.6 Å². The summed E-state index contributed by atoms with van der Waals surface area (Å²) in [6.07, 6.45) is 12.1. The molecule has 2 saturated heterocycles. The minimum Gasteiger partial charge on any atom is -0.390 e. The van der Waals surface area contributed by atoms with Crippen LogP contribution in [0.2, 0.25) is 0 Å². The molecule has 3 aliphatic rings. The van der Waals surface area contributed by atoms with Crippen molar-refractivity contribution in [3.8, 4) is 154 Å². The molecule has 19 nitrogen and oxygen atoms in total. The lowest BCUT2D eigenvalue weighted by molar-refractivity contribution is -0.295. The summed E-state index contributed by atoms with van der Waals surface area (Å²) in [7, 11) is 0. The monoisotopic (exact) mass is 1490 g/mol. The first kappa shape index (κ1) is 93.0. The quantitative estimate of drug-likeness (QED) is 0.0181. The van der Waals surface area contributed by atoms with Gasteiger partial charge in [-0.2, -0.15) is 0 Å². The number of carbonyl (C=O) groups is 3. The SMILES string of the molecule is C#CCCCCN1C(=O)C(SCC2O[C@H](OC[C@H](NC(=O)C#CC#CC#CC#CC#CC#CC#CC#CC#CC#CC#CC#CC)[C@H](O)[C@H](O)CCCCCCCCCCCCCC)C(O)[C@@H](O)[C@H]2O)=C(SCC2O[C@H](OC[C@H](C)[C@H](O)[C@H](O)CCCCCCCCCCCCCC)C(O)[C@@H](O)[C@H]2O)C1=O. The largest absolute Gasteiger partial charge is 0.390 e. The summed E-state index contributed by atoms with van der Waals surface area (Å²) in [6, 6.07) is -1.40. The molecular formula is C85H108N2O17S2. The Morgan fingerprint density at radius 1 is 0.462 bits per heavy atom. The molecule has 3 heterocycles. The van der Waals surface area contributed by atoms with Crippen LogP contribution in [0.4, 0.5) is 0 Å². The number of ether oxygens (including phenoxy) is 4. The predicted molar refractivity (Wildman–Crippen MR) is 412 cm³/mol. The van der Waals surface area contributed by atoms with E-state index in [0.717, 1.165) is 86.2 Å². The first-order chi connectivity index (χ1) is 51.4. The second-order valence-electron chi connectivity index (χ2n) is 26.1. The van der Waals surface area contributed by atoms with Gasteiger partial charge in [0.05, 0.1) is 59.6 Å². The van der Waals surface area contributed by atoms with Crippen LogP contribution in [0.15, 0.2) is 9.81 Å². The number of nitrogens with zero attached hydrogens (tertiary/aromatic N) is 1. The molecule has 0 spiro atoms. The standard InChI is InChI=1S/C85H108N2O17S2/c1-6-10-14-18-21-24-27-30-31-32-33-34-35-36-37-38-39-40-43-46-49-52-55-59-71(90)86-66(73(92)68(89)58-54-51-48-45-42-29-26-23-20-16-12-8-3)62-102-85-79(98)77(96)75(94)70(104-85)64-106-81-80(82(99)87(83(81)100)60-56-17-13-9-4)105-63-69-74(93)76(95)78(97)84(103-69)101-61-65(5)72(91)67(88)57-53-50-47-44-41-28-25-22-19-15-11-7-2/h4,65-70,72-79,84-85,88-89,91-98H,7-8,11-13,15-17,19-20,22-23,25-26,28-29,41-42,44-45,47-48,50-51,53-54,56-58,60-64H2,1-3,5H3,(H,86,90)/t65-,66-,67+,68+,69?,70?,72-,73-,74-,75-,76-,77-,78?,79?,84-,85-/m0/s1. The minimum absolute atomic E-state index is 0.0196. The van der Waals surface area contributed by atoms with Crippen molar-refractivity contribution in [2.45, 2.75) is 306 Å². The molecule has 0 bridgehead atoms. The molecule has 21 heteroatoms. The Morgan fingerprint density at radius 2 is 0.802 bits per heavy atom. The number of aliphatic hydroxyl groups excluding tert-OH is 10. The van der Waals surface area contributed by atoms with E-state index >= 15 is 0 Å². The van der Waals surface area contributed by atoms with Crippen LogP contribution in [0.25, 0.3) is 0 Å². The molecule has 3 aliphatic heterocycles. The van der Waals surface area contributed by atoms with E-state index in [2.05, 4.69) is 167 Å². The minimum atomic E-state index is -1.91. The van der Waals surface area contributed by atoms with Crippen molar-refractivity contribution in [3.05, 3.63) is 9.81 Å². The Morgan fingerprint density at radius 3 is 1.17 bits per heavy atom. The number of nitrogens with one attached hydrogen (secondary N) is 1. The van der Waals surface area contributed by atoms with Gasteiger partial charge in [0, 0.05) is 71.8 Å². The third-order valence-electron chi connectivity index (χ3n) is 17.5. The molecule has 4 unspecified atom stereocenters. The van der Waals surface area contributed by atoms with Crippen LogP contribution in [0.5, 0.6) is 0 Å². The second-order valence-corrected chi connectivity index (χ2v) is 28.1. The first-order valence-electron chi connectivity index (χ1n) is 37.3. The van der Waals surface area contributed by atoms with E-state index in [9.17, 15) is 65.4 Å². The maximum atomic E-state index is 14.2. The number of amides is 3. The van der Waals surface area contributed by atoms with Crippen molar-refractivity contribution >= 4 is 41.2 Å². The molecule has 3 amide bonds. The van der Waals surface area contributed by atoms with Gasteiger partial charge in [-0.05, 0) is 127 Å². The van der Waals surface area contributed by atoms with Gasteiger partial charge < -0.3 is 75.3 Å². The van der Waals surface area contributed by atoms with Crippen LogP contribution < -0.4 is 5.32 Å². The molecule has 572 valence electrons. The Kier molecular flexibility index (Phi) is 51.6. The highest BCUT2D eigenvalue weighted by molar-refractivity contribution is 8.08. The van der Waals surface area contributed by atoms with Crippen molar-refractivity contribution < 1.29 is 84.4 Å². The van der Waals surface area contributed by atoms with E-state index in [1.54, 1.807) is 13.8 Å². The summed E-state index contributed by atoms with van der Waals surface area (Å²) in [5.74, 6) is 58.5. The molecule has 11 N–H and O–H groups in total. The van der Waals surface area contributed by atoms with Gasteiger partial charge >= 0.3 is 0 Å². The summed E-state index contributed by atoms with van der Waals surface area (Å²) in [5.41, 5.74) is 0. The maximum absolute atomic E-state index is 14.2. The second kappa shape index (κ2) is 58.8. The van der Waals surface area contributed by atoms with E-state index in [1.807, 2.05) is 0 Å². The van der Waals surface area contributed by atoms with Gasteiger partial charge in [0.25, 0.3) is 17.7 Å². The van der Waals surface area contributed by atoms with Crippen LogP contribution in [0, 0.1) is 160 Å². The lowest BCUT2D eigenvalue weighted by atomic mass is 9.96. The third-order valence-corrected chi connectivity index (χ3v) is 20.0. The van der Waals surface area contributed by atoms with Crippen molar-refractivity contribution in [1.82, 2.24) is 10.2 Å². The number of terminal acetylenes is 1. The molecule has 0 aromatic carbocycles. The molecule has 0 aromatic heterocycles. The Bertz CT molecular complexity index is 3600. The fraction of sp³-hybridized carbons (Fsp3) is 0.635. The van der Waals surface area contributed by atoms with E-state index in [4.69, 9.17) is 25.4 Å². The number of aliphatic hydroxyl groups is 10. The van der Waals surface area contributed by atoms with E-state index in [0.29, 0.717) is 32.1 Å². The highest BCUT2D eigenvalue weighted by Crippen LogP contribution is 2.40. The van der Waals surface area contributed by atoms with E-state index in [1.165, 1.54) is 89.9 Å². The molecule has 0 aliphatic carbocycles. The molecule has 3 rings (SSSR count). The topological polar surface area (TPSA) is 306 Å². The van der Waals surface area contributed by atoms with Gasteiger partial charge in [-0.15, -0.1) is 35.9 Å². The molecule has 2 fully saturated rings. The smallest absolute Gasteiger partial charge is 0.297 e. The summed E-state index contributed by atoms with van der Waals surface area (Å²) in [6.45, 7) is 6.88. The molecule has 0 aromatic rings. The average Bonchev–Trinajstić information content (AvgIpc) is 1.55. The molecule has 0 saturated carbocycles. The highest BCUT2D eigenvalue weighted by atomic mass is 32.2. The molecular weight excluding hydrogens is 1390 g/mol. The lowest BCUT2D eigenvalue weighted by Crippen LogP contribution is -2.60. The van der Waals surface area contributed by atoms with E-state index < -0.39 is 122 Å². The summed E-state index contributed by atoms with van der Waals surface area (Å²) in [5, 5.41) is 114. The molecule has 16 atom stereocenters. The zero-order valence-corrected chi connectivity index (χ0v) is 63.6. The number of carbonyl (C=O) groups excluding carboxylic acids is 3. The van der Waals surface area contributed by atoms with Gasteiger partial charge in [-0.1, -0.05) is 181 Å². The maximum Gasteiger partial charge on any atom is 0.297 e. The zero-order chi connectivity index (χ0) is 77.4. The number of thioether (sulfide) groups is 2. The number of hydrogen-bond donors (Lipinski definition) is 11. The average molecular weight is 1490 g/mol. The van der Waals surface area contributed by atoms with Crippen LogP contribution >= 0.6 is 23.5 Å². The fourth-order valence-electron chi connectivity index (χ4n) is 11.3. The van der Waals surface area contributed by atoms with Gasteiger partial charge in [-0.25, -0.2) is 0 Å². The normalized spacial score (nSPS) is 21.3. The summed E-state index contributed by atoms with van der Waals surface area (Å²) in [4.78, 5) is 42.5. The van der Waals surface area contributed by atoms with E-state index in [-0.39, 0.29) is 40.9 Å². The van der Waals surface area contributed by atoms with Gasteiger partial charge in [-0.3, -0.25) is 19.3 Å². The van der Waals surface area contributed by atoms with Gasteiger partial charge in [0.2, 0.25) is 0 Å². The Labute approximate surface area is 639 Å². The first-order valence-corrected chi connectivity index (χ1v) is 39.3. The van der Waals surface area contributed by atoms with Crippen molar-refractivity contribution in [2.24, 2.45) is 5.92 Å². The van der Waals surface area contributed by atoms with Crippen LogP contribution in [0.3, 0.4) is 0 Å². The summed E-state index contributed by atoms with van der Waals surface area (Å²) < 4.78 is 23.8. The van der Waals surface area contributed by atoms with Crippen LogP contribution in [-0.4, -0.2) is 197 Å². The third kappa shape index (κ3) is 38.5. The van der Waals surface area contributed by atoms with Crippen molar-refractivity contribution in [2.75, 3.05) is 31.3 Å². The predicted octanol–water partition coefficient (Wildman–Crippen LogP) is 6.29.